The van der Waals surface area contributed by atoms with Crippen molar-refractivity contribution in [3.8, 4) is 0 Å². The molecule has 0 atom stereocenters. The summed E-state index contributed by atoms with van der Waals surface area (Å²) in [7, 11) is 1.81. The lowest BCUT2D eigenvalue weighted by molar-refractivity contribution is -0.120. The van der Waals surface area contributed by atoms with Crippen molar-refractivity contribution in [2.75, 3.05) is 44.2 Å². The van der Waals surface area contributed by atoms with Crippen molar-refractivity contribution < 1.29 is 14.0 Å². The summed E-state index contributed by atoms with van der Waals surface area (Å²) in [6.07, 6.45) is 3.48. The van der Waals surface area contributed by atoms with Gasteiger partial charge in [0.25, 0.3) is 5.91 Å². The monoisotopic (exact) mass is 415 g/mol. The number of nitrogens with one attached hydrogen (secondary N) is 2. The molecule has 0 saturated carbocycles. The third-order valence-electron chi connectivity index (χ3n) is 4.64. The summed E-state index contributed by atoms with van der Waals surface area (Å²) >= 11 is 0. The van der Waals surface area contributed by atoms with E-state index in [0.717, 1.165) is 5.69 Å². The Morgan fingerprint density at radius 2 is 2.07 bits per heavy atom. The Hall–Kier alpha value is -3.43. The Morgan fingerprint density at radius 1 is 1.27 bits per heavy atom. The van der Waals surface area contributed by atoms with Crippen molar-refractivity contribution in [1.82, 2.24) is 25.3 Å². The molecule has 9 nitrogen and oxygen atoms in total. The summed E-state index contributed by atoms with van der Waals surface area (Å²) in [6, 6.07) is 5.83. The predicted molar refractivity (Wildman–Crippen MR) is 112 cm³/mol. The number of carbonyl (C=O) groups excluding carboxylic acids is 2. The molecular formula is C20H26FN7O2. The fourth-order valence-electron chi connectivity index (χ4n) is 3.17. The molecule has 1 aliphatic rings. The molecule has 3 rings (SSSR count). The second kappa shape index (κ2) is 9.86. The van der Waals surface area contributed by atoms with Crippen LogP contribution in [0.2, 0.25) is 0 Å². The minimum absolute atomic E-state index is 0.00510. The van der Waals surface area contributed by atoms with Gasteiger partial charge in [-0.3, -0.25) is 19.3 Å². The highest BCUT2D eigenvalue weighted by atomic mass is 19.1. The lowest BCUT2D eigenvalue weighted by Crippen LogP contribution is -2.55. The average molecular weight is 415 g/mol. The summed E-state index contributed by atoms with van der Waals surface area (Å²) in [5.41, 5.74) is 0.783. The molecule has 2 heterocycles. The second-order valence-corrected chi connectivity index (χ2v) is 6.81. The van der Waals surface area contributed by atoms with Crippen LogP contribution in [0.25, 0.3) is 0 Å². The number of carbonyl (C=O) groups is 2. The number of benzene rings is 1. The molecule has 0 bridgehead atoms. The van der Waals surface area contributed by atoms with Gasteiger partial charge in [0.05, 0.1) is 24.0 Å². The van der Waals surface area contributed by atoms with E-state index in [0.29, 0.717) is 32.1 Å². The van der Waals surface area contributed by atoms with Crippen molar-refractivity contribution in [3.63, 3.8) is 0 Å². The van der Waals surface area contributed by atoms with Gasteiger partial charge in [0, 0.05) is 39.4 Å². The number of aliphatic imine (C=N–C) groups is 1. The Labute approximate surface area is 174 Å². The maximum Gasteiger partial charge on any atom is 0.254 e. The maximum atomic E-state index is 13.7. The van der Waals surface area contributed by atoms with Gasteiger partial charge in [0.1, 0.15) is 12.4 Å². The van der Waals surface area contributed by atoms with E-state index in [1.807, 2.05) is 25.1 Å². The van der Waals surface area contributed by atoms with Gasteiger partial charge >= 0.3 is 0 Å². The number of aryl methyl sites for hydroxylation is 1. The van der Waals surface area contributed by atoms with E-state index in [1.165, 1.54) is 18.2 Å². The molecule has 2 aromatic rings. The number of halogens is 1. The lowest BCUT2D eigenvalue weighted by Gasteiger charge is -2.35. The highest BCUT2D eigenvalue weighted by molar-refractivity contribution is 5.98. The third-order valence-corrected chi connectivity index (χ3v) is 4.64. The number of aromatic nitrogens is 2. The number of nitrogens with zero attached hydrogens (tertiary/aromatic N) is 5. The van der Waals surface area contributed by atoms with Crippen LogP contribution < -0.4 is 15.5 Å². The van der Waals surface area contributed by atoms with Gasteiger partial charge in [0.15, 0.2) is 5.96 Å². The van der Waals surface area contributed by atoms with E-state index >= 15 is 0 Å². The molecule has 1 aliphatic heterocycles. The van der Waals surface area contributed by atoms with Gasteiger partial charge in [0.2, 0.25) is 5.91 Å². The Balaban J connectivity index is 1.55. The van der Waals surface area contributed by atoms with Crippen molar-refractivity contribution in [2.24, 2.45) is 12.0 Å². The molecule has 1 aromatic heterocycles. The normalized spacial score (nSPS) is 14.8. The van der Waals surface area contributed by atoms with Gasteiger partial charge in [-0.1, -0.05) is 12.1 Å². The smallest absolute Gasteiger partial charge is 0.254 e. The minimum Gasteiger partial charge on any atom is -0.357 e. The third kappa shape index (κ3) is 5.13. The number of hydrogen-bond donors (Lipinski definition) is 2. The largest absolute Gasteiger partial charge is 0.357 e. The standard InChI is InChI=1S/C20H26FN7O2/c1-3-22-20(24-9-8-23-19(30)16-6-4-5-7-17(16)21)27-10-11-28(18(29)14-27)15-12-25-26(2)13-15/h4-7,12-13H,3,8-11,14H2,1-2H3,(H,22,24)(H,23,30). The van der Waals surface area contributed by atoms with Crippen LogP contribution in [0.1, 0.15) is 17.3 Å². The van der Waals surface area contributed by atoms with E-state index in [-0.39, 0.29) is 24.6 Å². The highest BCUT2D eigenvalue weighted by Crippen LogP contribution is 2.16. The number of amides is 2. The first-order valence-electron chi connectivity index (χ1n) is 9.84. The van der Waals surface area contributed by atoms with Crippen molar-refractivity contribution in [2.45, 2.75) is 6.92 Å². The van der Waals surface area contributed by atoms with Crippen LogP contribution in [0.15, 0.2) is 41.7 Å². The van der Waals surface area contributed by atoms with Crippen molar-refractivity contribution in [1.29, 1.82) is 0 Å². The molecular weight excluding hydrogens is 389 g/mol. The van der Waals surface area contributed by atoms with Gasteiger partial charge in [-0.15, -0.1) is 0 Å². The quantitative estimate of drug-likeness (QED) is 0.409. The zero-order chi connectivity index (χ0) is 21.5. The molecule has 2 amide bonds. The van der Waals surface area contributed by atoms with Crippen LogP contribution in [0, 0.1) is 5.82 Å². The first-order chi connectivity index (χ1) is 14.5. The fourth-order valence-corrected chi connectivity index (χ4v) is 3.17. The molecule has 0 spiro atoms. The van der Waals surface area contributed by atoms with Gasteiger partial charge in [-0.05, 0) is 19.1 Å². The molecule has 160 valence electrons. The van der Waals surface area contributed by atoms with Crippen molar-refractivity contribution in [3.05, 3.63) is 48.0 Å². The Morgan fingerprint density at radius 3 is 2.73 bits per heavy atom. The SMILES string of the molecule is CCNC(=NCCNC(=O)c1ccccc1F)N1CCN(c2cnn(C)c2)C(=O)C1. The van der Waals surface area contributed by atoms with Crippen LogP contribution in [0.4, 0.5) is 10.1 Å². The summed E-state index contributed by atoms with van der Waals surface area (Å²) in [4.78, 5) is 32.8. The predicted octanol–water partition coefficient (Wildman–Crippen LogP) is 0.603. The molecule has 1 aromatic carbocycles. The molecule has 30 heavy (non-hydrogen) atoms. The summed E-state index contributed by atoms with van der Waals surface area (Å²) in [5.74, 6) is -0.463. The van der Waals surface area contributed by atoms with E-state index in [2.05, 4.69) is 20.7 Å². The van der Waals surface area contributed by atoms with E-state index < -0.39 is 11.7 Å². The van der Waals surface area contributed by atoms with E-state index in [1.54, 1.807) is 21.8 Å². The van der Waals surface area contributed by atoms with Crippen molar-refractivity contribution >= 4 is 23.5 Å². The summed E-state index contributed by atoms with van der Waals surface area (Å²) < 4.78 is 15.3. The van der Waals surface area contributed by atoms with Gasteiger partial charge in [-0.25, -0.2) is 4.39 Å². The number of hydrogen-bond acceptors (Lipinski definition) is 4. The Kier molecular flexibility index (Phi) is 6.99. The van der Waals surface area contributed by atoms with Gasteiger partial charge in [-0.2, -0.15) is 5.10 Å². The number of guanidine groups is 1. The average Bonchev–Trinajstić information content (AvgIpc) is 3.16. The van der Waals surface area contributed by atoms with E-state index in [4.69, 9.17) is 0 Å². The first-order valence-corrected chi connectivity index (χ1v) is 9.84. The van der Waals surface area contributed by atoms with Crippen LogP contribution in [0.3, 0.4) is 0 Å². The second-order valence-electron chi connectivity index (χ2n) is 6.81. The summed E-state index contributed by atoms with van der Waals surface area (Å²) in [6.45, 7) is 4.50. The van der Waals surface area contributed by atoms with Crippen LogP contribution in [0.5, 0.6) is 0 Å². The molecule has 1 fully saturated rings. The first kappa shape index (κ1) is 21.3. The van der Waals surface area contributed by atoms with E-state index in [9.17, 15) is 14.0 Å². The number of anilines is 1. The molecule has 10 heteroatoms. The zero-order valence-corrected chi connectivity index (χ0v) is 17.1. The highest BCUT2D eigenvalue weighted by Gasteiger charge is 2.27. The van der Waals surface area contributed by atoms with Crippen LogP contribution in [-0.2, 0) is 11.8 Å². The number of piperazine rings is 1. The molecule has 2 N–H and O–H groups in total. The molecule has 0 radical (unpaired) electrons. The molecule has 1 saturated heterocycles. The molecule has 0 unspecified atom stereocenters. The zero-order valence-electron chi connectivity index (χ0n) is 17.1. The van der Waals surface area contributed by atoms with Crippen LogP contribution in [-0.4, -0.2) is 71.7 Å². The fraction of sp³-hybridized carbons (Fsp3) is 0.400. The van der Waals surface area contributed by atoms with Gasteiger partial charge < -0.3 is 20.4 Å². The number of rotatable bonds is 6. The minimum atomic E-state index is -0.558. The van der Waals surface area contributed by atoms with Crippen LogP contribution >= 0.6 is 0 Å². The molecule has 0 aliphatic carbocycles. The Bertz CT molecular complexity index is 927. The topological polar surface area (TPSA) is 94.9 Å². The maximum absolute atomic E-state index is 13.7. The summed E-state index contributed by atoms with van der Waals surface area (Å²) in [5, 5.41) is 9.96. The lowest BCUT2D eigenvalue weighted by atomic mass is 10.2.